The fourth-order valence-corrected chi connectivity index (χ4v) is 3.45. The van der Waals surface area contributed by atoms with Gasteiger partial charge in [0.05, 0.1) is 17.3 Å². The van der Waals surface area contributed by atoms with Gasteiger partial charge in [-0.15, -0.1) is 0 Å². The summed E-state index contributed by atoms with van der Waals surface area (Å²) in [7, 11) is 0. The van der Waals surface area contributed by atoms with Crippen molar-refractivity contribution in [2.75, 3.05) is 11.9 Å². The molecular weight excluding hydrogens is 406 g/mol. The first-order valence-electron chi connectivity index (χ1n) is 9.48. The van der Waals surface area contributed by atoms with Crippen molar-refractivity contribution < 1.29 is 19.1 Å². The van der Waals surface area contributed by atoms with E-state index in [2.05, 4.69) is 16.7 Å². The molecule has 0 aliphatic heterocycles. The summed E-state index contributed by atoms with van der Waals surface area (Å²) in [4.78, 5) is 37.1. The Morgan fingerprint density at radius 1 is 1.07 bits per heavy atom. The monoisotopic (exact) mass is 425 g/mol. The summed E-state index contributed by atoms with van der Waals surface area (Å²) < 4.78 is 5.10. The highest BCUT2D eigenvalue weighted by Gasteiger charge is 2.35. The second kappa shape index (κ2) is 9.42. The quantitative estimate of drug-likeness (QED) is 0.686. The number of esters is 1. The number of amides is 2. The van der Waals surface area contributed by atoms with Crippen molar-refractivity contribution in [2.24, 2.45) is 0 Å². The zero-order chi connectivity index (χ0) is 21.6. The van der Waals surface area contributed by atoms with E-state index in [9.17, 15) is 19.6 Å². The Morgan fingerprint density at radius 2 is 1.73 bits per heavy atom. The molecule has 0 bridgehead atoms. The van der Waals surface area contributed by atoms with Crippen LogP contribution >= 0.6 is 11.6 Å². The molecule has 0 atom stereocenters. The van der Waals surface area contributed by atoms with Crippen LogP contribution in [0.2, 0.25) is 5.02 Å². The van der Waals surface area contributed by atoms with Crippen molar-refractivity contribution in [2.45, 2.75) is 31.2 Å². The van der Waals surface area contributed by atoms with Crippen molar-refractivity contribution >= 4 is 35.1 Å². The van der Waals surface area contributed by atoms with Gasteiger partial charge >= 0.3 is 5.97 Å². The summed E-state index contributed by atoms with van der Waals surface area (Å²) in [6, 6.07) is 14.8. The van der Waals surface area contributed by atoms with Crippen LogP contribution in [0.15, 0.2) is 48.5 Å². The highest BCUT2D eigenvalue weighted by Crippen LogP contribution is 2.28. The lowest BCUT2D eigenvalue weighted by Gasteiger charge is -2.21. The van der Waals surface area contributed by atoms with Gasteiger partial charge < -0.3 is 15.4 Å². The summed E-state index contributed by atoms with van der Waals surface area (Å²) >= 11 is 5.83. The summed E-state index contributed by atoms with van der Waals surface area (Å²) in [5.41, 5.74) is -0.135. The first-order chi connectivity index (χ1) is 14.4. The van der Waals surface area contributed by atoms with Gasteiger partial charge in [-0.25, -0.2) is 4.79 Å². The molecule has 0 aromatic heterocycles. The number of halogens is 1. The maximum Gasteiger partial charge on any atom is 0.340 e. The number of carbonyl (C=O) groups excluding carboxylic acids is 3. The average Bonchev–Trinajstić information content (AvgIpc) is 3.21. The van der Waals surface area contributed by atoms with Gasteiger partial charge in [-0.05, 0) is 62.1 Å². The van der Waals surface area contributed by atoms with Crippen molar-refractivity contribution in [3.63, 3.8) is 0 Å². The largest absolute Gasteiger partial charge is 0.452 e. The molecule has 2 amide bonds. The highest BCUT2D eigenvalue weighted by atomic mass is 35.5. The van der Waals surface area contributed by atoms with Crippen molar-refractivity contribution in [3.05, 3.63) is 64.7 Å². The molecule has 154 valence electrons. The predicted molar refractivity (Wildman–Crippen MR) is 111 cm³/mol. The first kappa shape index (κ1) is 21.3. The standard InChI is InChI=1S/C22H20ClN3O4/c23-16-9-7-15(8-10-16)20(28)25-18-6-2-1-5-17(18)21(29)30-13-19(27)26-22(14-24)11-3-4-12-22/h1-2,5-10H,3-4,11-13H2,(H,25,28)(H,26,27). The molecule has 8 heteroatoms. The molecule has 0 heterocycles. The fraction of sp³-hybridized carbons (Fsp3) is 0.273. The Labute approximate surface area is 179 Å². The summed E-state index contributed by atoms with van der Waals surface area (Å²) in [5.74, 6) is -1.70. The number of benzene rings is 2. The molecule has 0 saturated heterocycles. The summed E-state index contributed by atoms with van der Waals surface area (Å²) in [6.45, 7) is -0.512. The van der Waals surface area contributed by atoms with Gasteiger partial charge in [0.1, 0.15) is 5.54 Å². The Bertz CT molecular complexity index is 992. The second-order valence-electron chi connectivity index (χ2n) is 7.03. The van der Waals surface area contributed by atoms with Crippen LogP contribution in [0.4, 0.5) is 5.69 Å². The summed E-state index contributed by atoms with van der Waals surface area (Å²) in [6.07, 6.45) is 2.91. The number of carbonyl (C=O) groups is 3. The number of ether oxygens (including phenoxy) is 1. The van der Waals surface area contributed by atoms with Crippen LogP contribution in [0.3, 0.4) is 0 Å². The smallest absolute Gasteiger partial charge is 0.340 e. The molecule has 0 unspecified atom stereocenters. The van der Waals surface area contributed by atoms with E-state index in [1.807, 2.05) is 0 Å². The van der Waals surface area contributed by atoms with Crippen LogP contribution in [0.5, 0.6) is 0 Å². The van der Waals surface area contributed by atoms with Crippen LogP contribution in [-0.2, 0) is 9.53 Å². The van der Waals surface area contributed by atoms with E-state index in [-0.39, 0.29) is 11.3 Å². The van der Waals surface area contributed by atoms with Crippen LogP contribution in [0, 0.1) is 11.3 Å². The van der Waals surface area contributed by atoms with Crippen LogP contribution in [0.1, 0.15) is 46.4 Å². The molecule has 7 nitrogen and oxygen atoms in total. The van der Waals surface area contributed by atoms with E-state index >= 15 is 0 Å². The lowest BCUT2D eigenvalue weighted by molar-refractivity contribution is -0.125. The lowest BCUT2D eigenvalue weighted by atomic mass is 10.00. The van der Waals surface area contributed by atoms with Gasteiger partial charge in [0.2, 0.25) is 0 Å². The van der Waals surface area contributed by atoms with E-state index in [1.54, 1.807) is 42.5 Å². The first-order valence-corrected chi connectivity index (χ1v) is 9.86. The second-order valence-corrected chi connectivity index (χ2v) is 7.47. The van der Waals surface area contributed by atoms with Gasteiger partial charge in [-0.1, -0.05) is 23.7 Å². The normalized spacial score (nSPS) is 14.4. The number of hydrogen-bond acceptors (Lipinski definition) is 5. The average molecular weight is 426 g/mol. The van der Waals surface area contributed by atoms with Gasteiger partial charge in [-0.3, -0.25) is 9.59 Å². The molecule has 2 N–H and O–H groups in total. The fourth-order valence-electron chi connectivity index (χ4n) is 3.32. The SMILES string of the molecule is N#CC1(NC(=O)COC(=O)c2ccccc2NC(=O)c2ccc(Cl)cc2)CCCC1. The third kappa shape index (κ3) is 5.16. The molecular formula is C22H20ClN3O4. The third-order valence-corrected chi connectivity index (χ3v) is 5.14. The molecule has 0 radical (unpaired) electrons. The molecule has 0 spiro atoms. The Hall–Kier alpha value is -3.37. The van der Waals surface area contributed by atoms with Gasteiger partial charge in [0.25, 0.3) is 11.8 Å². The molecule has 1 aliphatic carbocycles. The molecule has 3 rings (SSSR count). The topological polar surface area (TPSA) is 108 Å². The molecule has 1 saturated carbocycles. The minimum absolute atomic E-state index is 0.114. The molecule has 2 aromatic carbocycles. The Morgan fingerprint density at radius 3 is 2.40 bits per heavy atom. The number of hydrogen-bond donors (Lipinski definition) is 2. The maximum absolute atomic E-state index is 12.5. The van der Waals surface area contributed by atoms with E-state index < -0.39 is 29.9 Å². The zero-order valence-corrected chi connectivity index (χ0v) is 16.9. The highest BCUT2D eigenvalue weighted by molar-refractivity contribution is 6.30. The van der Waals surface area contributed by atoms with Crippen LogP contribution in [0.25, 0.3) is 0 Å². The molecule has 1 aliphatic rings. The van der Waals surface area contributed by atoms with Crippen molar-refractivity contribution in [1.29, 1.82) is 5.26 Å². The number of anilines is 1. The summed E-state index contributed by atoms with van der Waals surface area (Å²) in [5, 5.41) is 15.2. The van der Waals surface area contributed by atoms with E-state index in [0.717, 1.165) is 12.8 Å². The Kier molecular flexibility index (Phi) is 6.70. The maximum atomic E-state index is 12.5. The van der Waals surface area contributed by atoms with Gasteiger partial charge in [-0.2, -0.15) is 5.26 Å². The molecule has 2 aromatic rings. The zero-order valence-electron chi connectivity index (χ0n) is 16.1. The number of para-hydroxylation sites is 1. The van der Waals surface area contributed by atoms with E-state index in [1.165, 1.54) is 6.07 Å². The number of rotatable bonds is 6. The molecule has 1 fully saturated rings. The molecule has 30 heavy (non-hydrogen) atoms. The van der Waals surface area contributed by atoms with Crippen LogP contribution in [-0.4, -0.2) is 29.9 Å². The van der Waals surface area contributed by atoms with Crippen LogP contribution < -0.4 is 10.6 Å². The number of nitrogens with one attached hydrogen (secondary N) is 2. The number of nitriles is 1. The van der Waals surface area contributed by atoms with Crippen molar-refractivity contribution in [3.8, 4) is 6.07 Å². The lowest BCUT2D eigenvalue weighted by Crippen LogP contribution is -2.46. The van der Waals surface area contributed by atoms with Gasteiger partial charge in [0.15, 0.2) is 6.61 Å². The minimum atomic E-state index is -0.881. The van der Waals surface area contributed by atoms with E-state index in [0.29, 0.717) is 23.4 Å². The minimum Gasteiger partial charge on any atom is -0.452 e. The predicted octanol–water partition coefficient (Wildman–Crippen LogP) is 3.70. The number of nitrogens with zero attached hydrogens (tertiary/aromatic N) is 1. The Balaban J connectivity index is 1.62. The van der Waals surface area contributed by atoms with Gasteiger partial charge in [0, 0.05) is 10.6 Å². The van der Waals surface area contributed by atoms with E-state index in [4.69, 9.17) is 16.3 Å². The third-order valence-electron chi connectivity index (χ3n) is 4.89. The van der Waals surface area contributed by atoms with Crippen molar-refractivity contribution in [1.82, 2.24) is 5.32 Å².